The summed E-state index contributed by atoms with van der Waals surface area (Å²) in [5.74, 6) is 0.430. The lowest BCUT2D eigenvalue weighted by molar-refractivity contribution is -0.141. The molecule has 3 aromatic rings. The summed E-state index contributed by atoms with van der Waals surface area (Å²) >= 11 is 6.34. The van der Waals surface area contributed by atoms with Gasteiger partial charge >= 0.3 is 5.97 Å². The number of esters is 1. The number of hydrogen-bond donors (Lipinski definition) is 0. The molecule has 0 radical (unpaired) electrons. The zero-order chi connectivity index (χ0) is 19.2. The van der Waals surface area contributed by atoms with Crippen LogP contribution < -0.4 is 4.80 Å². The van der Waals surface area contributed by atoms with E-state index in [1.165, 1.54) is 35.8 Å². The van der Waals surface area contributed by atoms with Crippen molar-refractivity contribution in [3.05, 3.63) is 63.4 Å². The van der Waals surface area contributed by atoms with Gasteiger partial charge in [-0.2, -0.15) is 4.99 Å². The standard InChI is InChI=1S/C19H17BrN2O3S2/c1-25-18(24)10-22-15-8-7-14(20)9-16(15)27-19(22)21-17(23)12-26-11-13-5-3-2-4-6-13/h2-9H,10-12H2,1H3. The average Bonchev–Trinajstić information content (AvgIpc) is 2.98. The number of amides is 1. The maximum absolute atomic E-state index is 12.3. The lowest BCUT2D eigenvalue weighted by Gasteiger charge is -2.03. The van der Waals surface area contributed by atoms with Crippen molar-refractivity contribution in [1.82, 2.24) is 4.57 Å². The van der Waals surface area contributed by atoms with Gasteiger partial charge in [0.25, 0.3) is 5.91 Å². The zero-order valence-corrected chi connectivity index (χ0v) is 17.8. The maximum atomic E-state index is 12.3. The molecule has 0 atom stereocenters. The summed E-state index contributed by atoms with van der Waals surface area (Å²) in [5.41, 5.74) is 2.01. The number of carbonyl (C=O) groups excluding carboxylic acids is 2. The number of fused-ring (bicyclic) bond motifs is 1. The molecule has 0 aliphatic carbocycles. The Kier molecular flexibility index (Phi) is 6.87. The summed E-state index contributed by atoms with van der Waals surface area (Å²) in [7, 11) is 1.34. The zero-order valence-electron chi connectivity index (χ0n) is 14.6. The predicted molar refractivity (Wildman–Crippen MR) is 113 cm³/mol. The van der Waals surface area contributed by atoms with Crippen molar-refractivity contribution in [2.24, 2.45) is 4.99 Å². The Hall–Kier alpha value is -1.90. The molecule has 0 saturated carbocycles. The highest BCUT2D eigenvalue weighted by atomic mass is 79.9. The molecule has 0 unspecified atom stereocenters. The molecular formula is C19H17BrN2O3S2. The van der Waals surface area contributed by atoms with Crippen molar-refractivity contribution in [2.45, 2.75) is 12.3 Å². The van der Waals surface area contributed by atoms with Crippen molar-refractivity contribution in [3.8, 4) is 0 Å². The van der Waals surface area contributed by atoms with Crippen molar-refractivity contribution in [3.63, 3.8) is 0 Å². The van der Waals surface area contributed by atoms with Crippen molar-refractivity contribution >= 4 is 61.1 Å². The van der Waals surface area contributed by atoms with Gasteiger partial charge in [0, 0.05) is 10.2 Å². The third-order valence-corrected chi connectivity index (χ3v) is 6.24. The Balaban J connectivity index is 1.81. The summed E-state index contributed by atoms with van der Waals surface area (Å²) in [6, 6.07) is 15.7. The minimum Gasteiger partial charge on any atom is -0.468 e. The molecule has 2 aromatic carbocycles. The first kappa shape index (κ1) is 19.9. The molecule has 0 saturated heterocycles. The van der Waals surface area contributed by atoms with Gasteiger partial charge in [-0.25, -0.2) is 0 Å². The average molecular weight is 465 g/mol. The van der Waals surface area contributed by atoms with E-state index in [4.69, 9.17) is 4.74 Å². The lowest BCUT2D eigenvalue weighted by atomic mass is 10.2. The van der Waals surface area contributed by atoms with Crippen LogP contribution in [0.25, 0.3) is 10.2 Å². The normalized spacial score (nSPS) is 11.7. The van der Waals surface area contributed by atoms with Gasteiger partial charge in [-0.1, -0.05) is 57.6 Å². The van der Waals surface area contributed by atoms with Crippen LogP contribution in [0, 0.1) is 0 Å². The molecule has 3 rings (SSSR count). The monoisotopic (exact) mass is 464 g/mol. The number of aromatic nitrogens is 1. The van der Waals surface area contributed by atoms with Crippen LogP contribution in [-0.2, 0) is 26.6 Å². The summed E-state index contributed by atoms with van der Waals surface area (Å²) in [6.07, 6.45) is 0. The third-order valence-electron chi connectivity index (χ3n) is 3.72. The van der Waals surface area contributed by atoms with Crippen LogP contribution in [0.5, 0.6) is 0 Å². The van der Waals surface area contributed by atoms with Gasteiger partial charge in [0.15, 0.2) is 4.80 Å². The molecule has 140 valence electrons. The molecule has 5 nitrogen and oxygen atoms in total. The van der Waals surface area contributed by atoms with Gasteiger partial charge in [0.05, 0.1) is 23.1 Å². The summed E-state index contributed by atoms with van der Waals surface area (Å²) in [6.45, 7) is 0.0153. The second kappa shape index (κ2) is 9.34. The molecule has 1 aromatic heterocycles. The van der Waals surface area contributed by atoms with Crippen molar-refractivity contribution in [1.29, 1.82) is 0 Å². The molecule has 0 bridgehead atoms. The number of thiazole rings is 1. The molecule has 8 heteroatoms. The van der Waals surface area contributed by atoms with E-state index in [1.807, 2.05) is 48.5 Å². The van der Waals surface area contributed by atoms with Crippen LogP contribution >= 0.6 is 39.0 Å². The van der Waals surface area contributed by atoms with Gasteiger partial charge in [-0.05, 0) is 23.8 Å². The van der Waals surface area contributed by atoms with Crippen molar-refractivity contribution in [2.75, 3.05) is 12.9 Å². The van der Waals surface area contributed by atoms with E-state index in [9.17, 15) is 9.59 Å². The number of halogens is 1. The number of benzene rings is 2. The molecule has 0 fully saturated rings. The lowest BCUT2D eigenvalue weighted by Crippen LogP contribution is -2.22. The predicted octanol–water partition coefficient (Wildman–Crippen LogP) is 4.00. The summed E-state index contributed by atoms with van der Waals surface area (Å²) in [4.78, 5) is 28.9. The topological polar surface area (TPSA) is 60.7 Å². The fraction of sp³-hybridized carbons (Fsp3) is 0.211. The molecule has 1 amide bonds. The maximum Gasteiger partial charge on any atom is 0.325 e. The van der Waals surface area contributed by atoms with Crippen LogP contribution in [0.1, 0.15) is 5.56 Å². The van der Waals surface area contributed by atoms with Crippen molar-refractivity contribution < 1.29 is 14.3 Å². The minimum atomic E-state index is -0.384. The molecule has 0 N–H and O–H groups in total. The van der Waals surface area contributed by atoms with Gasteiger partial charge in [0.2, 0.25) is 0 Å². The van der Waals surface area contributed by atoms with E-state index in [1.54, 1.807) is 4.57 Å². The number of methoxy groups -OCH3 is 1. The Morgan fingerprint density at radius 1 is 1.22 bits per heavy atom. The van der Waals surface area contributed by atoms with Gasteiger partial charge in [0.1, 0.15) is 6.54 Å². The minimum absolute atomic E-state index is 0.0153. The number of ether oxygens (including phenoxy) is 1. The highest BCUT2D eigenvalue weighted by Gasteiger charge is 2.12. The van der Waals surface area contributed by atoms with E-state index >= 15 is 0 Å². The van der Waals surface area contributed by atoms with E-state index in [0.717, 1.165) is 20.4 Å². The number of hydrogen-bond acceptors (Lipinski definition) is 5. The smallest absolute Gasteiger partial charge is 0.325 e. The number of carbonyl (C=O) groups is 2. The number of rotatable bonds is 6. The third kappa shape index (κ3) is 5.31. The van der Waals surface area contributed by atoms with Gasteiger partial charge < -0.3 is 9.30 Å². The Labute approximate surface area is 173 Å². The summed E-state index contributed by atoms with van der Waals surface area (Å²) in [5, 5.41) is 0. The molecular weight excluding hydrogens is 448 g/mol. The number of nitrogens with zero attached hydrogens (tertiary/aromatic N) is 2. The first-order chi connectivity index (χ1) is 13.1. The first-order valence-electron chi connectivity index (χ1n) is 8.12. The second-order valence-electron chi connectivity index (χ2n) is 5.64. The largest absolute Gasteiger partial charge is 0.468 e. The van der Waals surface area contributed by atoms with Crippen LogP contribution in [-0.4, -0.2) is 29.3 Å². The fourth-order valence-electron chi connectivity index (χ4n) is 2.45. The number of thioether (sulfide) groups is 1. The highest BCUT2D eigenvalue weighted by Crippen LogP contribution is 2.22. The summed E-state index contributed by atoms with van der Waals surface area (Å²) < 4.78 is 8.37. The van der Waals surface area contributed by atoms with Crippen LogP contribution in [0.4, 0.5) is 0 Å². The van der Waals surface area contributed by atoms with E-state index in [2.05, 4.69) is 20.9 Å². The SMILES string of the molecule is COC(=O)Cn1c(=NC(=O)CSCc2ccccc2)sc2cc(Br)ccc21. The van der Waals surface area contributed by atoms with Crippen LogP contribution in [0.15, 0.2) is 58.0 Å². The van der Waals surface area contributed by atoms with Gasteiger partial charge in [-0.15, -0.1) is 11.8 Å². The second-order valence-corrected chi connectivity index (χ2v) is 8.55. The molecule has 0 spiro atoms. The molecule has 1 heterocycles. The van der Waals surface area contributed by atoms with E-state index < -0.39 is 0 Å². The Bertz CT molecular complexity index is 1030. The van der Waals surface area contributed by atoms with Gasteiger partial charge in [-0.3, -0.25) is 9.59 Å². The highest BCUT2D eigenvalue weighted by molar-refractivity contribution is 9.10. The first-order valence-corrected chi connectivity index (χ1v) is 10.9. The van der Waals surface area contributed by atoms with Crippen LogP contribution in [0.3, 0.4) is 0 Å². The van der Waals surface area contributed by atoms with E-state index in [-0.39, 0.29) is 24.2 Å². The quantitative estimate of drug-likeness (QED) is 0.517. The fourth-order valence-corrected chi connectivity index (χ4v) is 4.82. The molecule has 0 aliphatic rings. The Morgan fingerprint density at radius 2 is 2.00 bits per heavy atom. The molecule has 0 aliphatic heterocycles. The van der Waals surface area contributed by atoms with Crippen LogP contribution in [0.2, 0.25) is 0 Å². The molecule has 27 heavy (non-hydrogen) atoms. The van der Waals surface area contributed by atoms with E-state index in [0.29, 0.717) is 4.80 Å². The Morgan fingerprint density at radius 3 is 2.74 bits per heavy atom.